The SMILES string of the molecule is CN(CCCc1ccccc1)CC(=O)Nc1ccccc1C(N)=O. The van der Waals surface area contributed by atoms with E-state index in [1.807, 2.05) is 30.1 Å². The second-order valence-corrected chi connectivity index (χ2v) is 5.78. The van der Waals surface area contributed by atoms with Crippen LogP contribution in [-0.4, -0.2) is 36.9 Å². The van der Waals surface area contributed by atoms with Crippen molar-refractivity contribution in [2.45, 2.75) is 12.8 Å². The summed E-state index contributed by atoms with van der Waals surface area (Å²) in [6.45, 7) is 1.08. The smallest absolute Gasteiger partial charge is 0.250 e. The van der Waals surface area contributed by atoms with E-state index in [2.05, 4.69) is 17.4 Å². The van der Waals surface area contributed by atoms with Crippen molar-refractivity contribution in [2.24, 2.45) is 5.73 Å². The summed E-state index contributed by atoms with van der Waals surface area (Å²) in [5.41, 5.74) is 7.38. The monoisotopic (exact) mass is 325 g/mol. The van der Waals surface area contributed by atoms with Crippen LogP contribution in [0.1, 0.15) is 22.3 Å². The van der Waals surface area contributed by atoms with E-state index in [4.69, 9.17) is 5.73 Å². The molecular formula is C19H23N3O2. The van der Waals surface area contributed by atoms with Crippen LogP contribution < -0.4 is 11.1 Å². The molecule has 2 amide bonds. The van der Waals surface area contributed by atoms with E-state index in [0.717, 1.165) is 19.4 Å². The lowest BCUT2D eigenvalue weighted by Gasteiger charge is -2.17. The van der Waals surface area contributed by atoms with Gasteiger partial charge in [0.1, 0.15) is 0 Å². The topological polar surface area (TPSA) is 75.4 Å². The van der Waals surface area contributed by atoms with E-state index in [9.17, 15) is 9.59 Å². The molecule has 5 heteroatoms. The number of amides is 2. The maximum absolute atomic E-state index is 12.1. The molecule has 24 heavy (non-hydrogen) atoms. The van der Waals surface area contributed by atoms with E-state index in [1.54, 1.807) is 24.3 Å². The van der Waals surface area contributed by atoms with Gasteiger partial charge in [0.25, 0.3) is 5.91 Å². The third-order valence-electron chi connectivity index (χ3n) is 3.73. The van der Waals surface area contributed by atoms with E-state index >= 15 is 0 Å². The van der Waals surface area contributed by atoms with Gasteiger partial charge in [0, 0.05) is 0 Å². The lowest BCUT2D eigenvalue weighted by Crippen LogP contribution is -2.31. The second-order valence-electron chi connectivity index (χ2n) is 5.78. The van der Waals surface area contributed by atoms with Gasteiger partial charge in [-0.3, -0.25) is 14.5 Å². The molecule has 5 nitrogen and oxygen atoms in total. The number of anilines is 1. The molecule has 126 valence electrons. The van der Waals surface area contributed by atoms with Crippen LogP contribution in [0.4, 0.5) is 5.69 Å². The molecule has 2 aromatic carbocycles. The molecule has 0 heterocycles. The predicted molar refractivity (Wildman–Crippen MR) is 95.8 cm³/mol. The van der Waals surface area contributed by atoms with E-state index < -0.39 is 5.91 Å². The number of nitrogens with one attached hydrogen (secondary N) is 1. The number of hydrogen-bond donors (Lipinski definition) is 2. The standard InChI is InChI=1S/C19H23N3O2/c1-22(13-7-10-15-8-3-2-4-9-15)14-18(23)21-17-12-6-5-11-16(17)19(20)24/h2-6,8-9,11-12H,7,10,13-14H2,1H3,(H2,20,24)(H,21,23). The van der Waals surface area contributed by atoms with Crippen LogP contribution >= 0.6 is 0 Å². The lowest BCUT2D eigenvalue weighted by atomic mass is 10.1. The maximum atomic E-state index is 12.1. The minimum Gasteiger partial charge on any atom is -0.366 e. The van der Waals surface area contributed by atoms with Crippen molar-refractivity contribution < 1.29 is 9.59 Å². The number of benzene rings is 2. The van der Waals surface area contributed by atoms with E-state index in [0.29, 0.717) is 11.3 Å². The Kier molecular flexibility index (Phi) is 6.51. The Bertz CT molecular complexity index is 686. The average Bonchev–Trinajstić information content (AvgIpc) is 2.56. The first-order valence-electron chi connectivity index (χ1n) is 7.97. The Morgan fingerprint density at radius 1 is 1.04 bits per heavy atom. The van der Waals surface area contributed by atoms with Crippen LogP contribution in [0.2, 0.25) is 0 Å². The quantitative estimate of drug-likeness (QED) is 0.782. The van der Waals surface area contributed by atoms with Gasteiger partial charge < -0.3 is 11.1 Å². The summed E-state index contributed by atoms with van der Waals surface area (Å²) in [6.07, 6.45) is 1.96. The van der Waals surface area contributed by atoms with Crippen LogP contribution in [0.15, 0.2) is 54.6 Å². The number of hydrogen-bond acceptors (Lipinski definition) is 3. The molecule has 0 fully saturated rings. The van der Waals surface area contributed by atoms with Gasteiger partial charge in [-0.15, -0.1) is 0 Å². The third-order valence-corrected chi connectivity index (χ3v) is 3.73. The Morgan fingerprint density at radius 2 is 1.71 bits per heavy atom. The number of carbonyl (C=O) groups is 2. The number of aryl methyl sites for hydroxylation is 1. The summed E-state index contributed by atoms with van der Waals surface area (Å²) in [6, 6.07) is 17.0. The fourth-order valence-electron chi connectivity index (χ4n) is 2.52. The van der Waals surface area contributed by atoms with Crippen LogP contribution in [0.3, 0.4) is 0 Å². The first kappa shape index (κ1) is 17.7. The molecule has 0 aromatic heterocycles. The Morgan fingerprint density at radius 3 is 2.42 bits per heavy atom. The third kappa shape index (κ3) is 5.52. The van der Waals surface area contributed by atoms with Gasteiger partial charge >= 0.3 is 0 Å². The van der Waals surface area contributed by atoms with Crippen LogP contribution in [-0.2, 0) is 11.2 Å². The first-order chi connectivity index (χ1) is 11.6. The molecule has 0 saturated heterocycles. The minimum atomic E-state index is -0.554. The fourth-order valence-corrected chi connectivity index (χ4v) is 2.52. The van der Waals surface area contributed by atoms with Gasteiger partial charge in [-0.25, -0.2) is 0 Å². The van der Waals surface area contributed by atoms with Gasteiger partial charge in [-0.1, -0.05) is 42.5 Å². The number of carbonyl (C=O) groups excluding carboxylic acids is 2. The molecule has 0 aliphatic heterocycles. The number of likely N-dealkylation sites (N-methyl/N-ethyl adjacent to an activating group) is 1. The second kappa shape index (κ2) is 8.84. The molecular weight excluding hydrogens is 302 g/mol. The zero-order chi connectivity index (χ0) is 17.4. The molecule has 0 saturated carbocycles. The van der Waals surface area contributed by atoms with Crippen LogP contribution in [0.25, 0.3) is 0 Å². The van der Waals surface area contributed by atoms with Gasteiger partial charge in [0.15, 0.2) is 0 Å². The van der Waals surface area contributed by atoms with Crippen LogP contribution in [0.5, 0.6) is 0 Å². The van der Waals surface area contributed by atoms with Gasteiger partial charge in [-0.05, 0) is 44.1 Å². The molecule has 0 unspecified atom stereocenters. The Balaban J connectivity index is 1.78. The Hall–Kier alpha value is -2.66. The van der Waals surface area contributed by atoms with Crippen molar-refractivity contribution in [3.05, 3.63) is 65.7 Å². The van der Waals surface area contributed by atoms with Crippen molar-refractivity contribution >= 4 is 17.5 Å². The number of para-hydroxylation sites is 1. The van der Waals surface area contributed by atoms with Crippen molar-refractivity contribution in [3.8, 4) is 0 Å². The van der Waals surface area contributed by atoms with E-state index in [-0.39, 0.29) is 12.5 Å². The summed E-state index contributed by atoms with van der Waals surface area (Å²) < 4.78 is 0. The molecule has 0 aliphatic carbocycles. The summed E-state index contributed by atoms with van der Waals surface area (Å²) in [5.74, 6) is -0.715. The normalized spacial score (nSPS) is 10.6. The molecule has 2 rings (SSSR count). The first-order valence-corrected chi connectivity index (χ1v) is 7.97. The number of nitrogens with two attached hydrogens (primary N) is 1. The minimum absolute atomic E-state index is 0.161. The molecule has 0 radical (unpaired) electrons. The molecule has 0 spiro atoms. The lowest BCUT2D eigenvalue weighted by molar-refractivity contribution is -0.117. The molecule has 0 atom stereocenters. The predicted octanol–water partition coefficient (Wildman–Crippen LogP) is 2.29. The zero-order valence-electron chi connectivity index (χ0n) is 13.9. The fraction of sp³-hybridized carbons (Fsp3) is 0.263. The van der Waals surface area contributed by atoms with Gasteiger partial charge in [0.2, 0.25) is 5.91 Å². The highest BCUT2D eigenvalue weighted by Crippen LogP contribution is 2.14. The summed E-state index contributed by atoms with van der Waals surface area (Å²) in [5, 5.41) is 2.75. The highest BCUT2D eigenvalue weighted by atomic mass is 16.2. The Labute approximate surface area is 142 Å². The van der Waals surface area contributed by atoms with Crippen LogP contribution in [0, 0.1) is 0 Å². The average molecular weight is 325 g/mol. The molecule has 3 N–H and O–H groups in total. The molecule has 2 aromatic rings. The summed E-state index contributed by atoms with van der Waals surface area (Å²) in [4.78, 5) is 25.5. The highest BCUT2D eigenvalue weighted by molar-refractivity contribution is 6.03. The number of rotatable bonds is 8. The summed E-state index contributed by atoms with van der Waals surface area (Å²) >= 11 is 0. The largest absolute Gasteiger partial charge is 0.366 e. The van der Waals surface area contributed by atoms with Crippen molar-refractivity contribution in [1.29, 1.82) is 0 Å². The number of primary amides is 1. The zero-order valence-corrected chi connectivity index (χ0v) is 13.9. The van der Waals surface area contributed by atoms with Crippen molar-refractivity contribution in [3.63, 3.8) is 0 Å². The summed E-state index contributed by atoms with van der Waals surface area (Å²) in [7, 11) is 1.91. The number of nitrogens with zero attached hydrogens (tertiary/aromatic N) is 1. The van der Waals surface area contributed by atoms with Crippen molar-refractivity contribution in [1.82, 2.24) is 4.90 Å². The maximum Gasteiger partial charge on any atom is 0.250 e. The molecule has 0 bridgehead atoms. The van der Waals surface area contributed by atoms with Crippen molar-refractivity contribution in [2.75, 3.05) is 25.5 Å². The van der Waals surface area contributed by atoms with Gasteiger partial charge in [0.05, 0.1) is 17.8 Å². The molecule has 0 aliphatic rings. The van der Waals surface area contributed by atoms with E-state index in [1.165, 1.54) is 5.56 Å². The highest BCUT2D eigenvalue weighted by Gasteiger charge is 2.11. The van der Waals surface area contributed by atoms with Gasteiger partial charge in [-0.2, -0.15) is 0 Å².